The van der Waals surface area contributed by atoms with Crippen molar-refractivity contribution in [3.8, 4) is 6.07 Å². The van der Waals surface area contributed by atoms with Gasteiger partial charge in [-0.1, -0.05) is 0 Å². The Bertz CT molecular complexity index is 370. The molecule has 5 heteroatoms. The van der Waals surface area contributed by atoms with E-state index in [0.29, 0.717) is 18.0 Å². The first-order chi connectivity index (χ1) is 6.72. The molecule has 14 heavy (non-hydrogen) atoms. The number of anilines is 1. The predicted octanol–water partition coefficient (Wildman–Crippen LogP) is 0.694. The lowest BCUT2D eigenvalue weighted by atomic mass is 10.1. The van der Waals surface area contributed by atoms with Crippen molar-refractivity contribution in [2.45, 2.75) is 13.5 Å². The maximum atomic E-state index is 8.91. The summed E-state index contributed by atoms with van der Waals surface area (Å²) in [5.74, 6) is 5.64. The van der Waals surface area contributed by atoms with E-state index in [2.05, 4.69) is 10.4 Å². The molecule has 0 atom stereocenters. The van der Waals surface area contributed by atoms with Gasteiger partial charge in [-0.2, -0.15) is 5.26 Å². The van der Waals surface area contributed by atoms with Crippen LogP contribution in [-0.2, 0) is 11.3 Å². The lowest BCUT2D eigenvalue weighted by molar-refractivity contribution is 0.184. The van der Waals surface area contributed by atoms with Crippen LogP contribution in [0.5, 0.6) is 0 Å². The van der Waals surface area contributed by atoms with E-state index in [0.717, 1.165) is 11.3 Å². The van der Waals surface area contributed by atoms with Crippen LogP contribution in [0.1, 0.15) is 16.8 Å². The van der Waals surface area contributed by atoms with Gasteiger partial charge in [0.15, 0.2) is 5.82 Å². The molecule has 0 bridgehead atoms. The fourth-order valence-electron chi connectivity index (χ4n) is 1.24. The molecule has 0 aliphatic rings. The molecule has 74 valence electrons. The zero-order chi connectivity index (χ0) is 10.6. The van der Waals surface area contributed by atoms with E-state index < -0.39 is 0 Å². The number of aromatic nitrogens is 1. The lowest BCUT2D eigenvalue weighted by Gasteiger charge is -2.08. The average molecular weight is 192 g/mol. The van der Waals surface area contributed by atoms with Gasteiger partial charge >= 0.3 is 0 Å². The summed E-state index contributed by atoms with van der Waals surface area (Å²) >= 11 is 0. The number of nitrogens with zero attached hydrogens (tertiary/aromatic N) is 2. The van der Waals surface area contributed by atoms with Gasteiger partial charge in [-0.05, 0) is 13.0 Å². The van der Waals surface area contributed by atoms with E-state index in [9.17, 15) is 0 Å². The molecule has 0 saturated carbocycles. The van der Waals surface area contributed by atoms with E-state index in [1.807, 2.05) is 19.1 Å². The van der Waals surface area contributed by atoms with Crippen LogP contribution in [0.3, 0.4) is 0 Å². The molecular formula is C9H12N4O. The number of hydrogen-bond acceptors (Lipinski definition) is 5. The van der Waals surface area contributed by atoms with Gasteiger partial charge in [0.25, 0.3) is 0 Å². The summed E-state index contributed by atoms with van der Waals surface area (Å²) in [6.07, 6.45) is 0. The summed E-state index contributed by atoms with van der Waals surface area (Å²) < 4.78 is 4.98. The summed E-state index contributed by atoms with van der Waals surface area (Å²) in [6, 6.07) is 3.85. The fraction of sp³-hybridized carbons (Fsp3) is 0.333. The molecule has 3 N–H and O–H groups in total. The van der Waals surface area contributed by atoms with Crippen molar-refractivity contribution in [1.82, 2.24) is 4.98 Å². The van der Waals surface area contributed by atoms with Crippen molar-refractivity contribution in [2.75, 3.05) is 12.5 Å². The second kappa shape index (κ2) is 4.56. The Morgan fingerprint density at radius 1 is 1.71 bits per heavy atom. The largest absolute Gasteiger partial charge is 0.380 e. The monoisotopic (exact) mass is 192 g/mol. The SMILES string of the molecule is COCc1cc(C)nc(NN)c1C#N. The normalized spacial score (nSPS) is 9.57. The number of aryl methyl sites for hydroxylation is 1. The van der Waals surface area contributed by atoms with E-state index in [1.165, 1.54) is 0 Å². The molecule has 0 amide bonds. The molecule has 0 saturated heterocycles. The Kier molecular flexibility index (Phi) is 3.40. The highest BCUT2D eigenvalue weighted by atomic mass is 16.5. The van der Waals surface area contributed by atoms with Crippen LogP contribution >= 0.6 is 0 Å². The number of nitrogens with one attached hydrogen (secondary N) is 1. The summed E-state index contributed by atoms with van der Waals surface area (Å²) in [5, 5.41) is 8.91. The van der Waals surface area contributed by atoms with Gasteiger partial charge in [0.05, 0.1) is 6.61 Å². The molecule has 1 aromatic rings. The first kappa shape index (κ1) is 10.4. The van der Waals surface area contributed by atoms with Crippen molar-refractivity contribution < 1.29 is 4.74 Å². The number of nitrogen functional groups attached to an aromatic ring is 1. The van der Waals surface area contributed by atoms with Crippen molar-refractivity contribution in [3.05, 3.63) is 22.9 Å². The zero-order valence-electron chi connectivity index (χ0n) is 8.16. The van der Waals surface area contributed by atoms with Crippen LogP contribution < -0.4 is 11.3 Å². The third-order valence-corrected chi connectivity index (χ3v) is 1.78. The first-order valence-electron chi connectivity index (χ1n) is 4.09. The minimum atomic E-state index is 0.376. The summed E-state index contributed by atoms with van der Waals surface area (Å²) in [5.41, 5.74) is 4.41. The molecule has 1 rings (SSSR count). The summed E-state index contributed by atoms with van der Waals surface area (Å²) in [6.45, 7) is 2.21. The summed E-state index contributed by atoms with van der Waals surface area (Å²) in [7, 11) is 1.58. The maximum absolute atomic E-state index is 8.91. The Morgan fingerprint density at radius 2 is 2.43 bits per heavy atom. The first-order valence-corrected chi connectivity index (χ1v) is 4.09. The van der Waals surface area contributed by atoms with Crippen LogP contribution in [0.15, 0.2) is 6.07 Å². The number of nitriles is 1. The van der Waals surface area contributed by atoms with Gasteiger partial charge in [-0.3, -0.25) is 0 Å². The molecular weight excluding hydrogens is 180 g/mol. The van der Waals surface area contributed by atoms with E-state index >= 15 is 0 Å². The van der Waals surface area contributed by atoms with Crippen molar-refractivity contribution in [3.63, 3.8) is 0 Å². The highest BCUT2D eigenvalue weighted by Crippen LogP contribution is 2.17. The highest BCUT2D eigenvalue weighted by molar-refractivity contribution is 5.55. The Morgan fingerprint density at radius 3 is 2.93 bits per heavy atom. The summed E-state index contributed by atoms with van der Waals surface area (Å²) in [4.78, 5) is 4.09. The second-order valence-electron chi connectivity index (χ2n) is 2.84. The number of pyridine rings is 1. The van der Waals surface area contributed by atoms with E-state index in [4.69, 9.17) is 15.8 Å². The molecule has 0 fully saturated rings. The Hall–Kier alpha value is -1.64. The average Bonchev–Trinajstić information content (AvgIpc) is 2.17. The second-order valence-corrected chi connectivity index (χ2v) is 2.84. The van der Waals surface area contributed by atoms with Crippen molar-refractivity contribution in [2.24, 2.45) is 5.84 Å². The molecule has 1 heterocycles. The number of hydrogen-bond donors (Lipinski definition) is 2. The smallest absolute Gasteiger partial charge is 0.158 e. The van der Waals surface area contributed by atoms with Gasteiger partial charge < -0.3 is 10.2 Å². The third kappa shape index (κ3) is 1.99. The molecule has 0 aromatic carbocycles. The molecule has 0 radical (unpaired) electrons. The number of hydrazine groups is 1. The molecule has 0 spiro atoms. The van der Waals surface area contributed by atoms with Gasteiger partial charge in [0.2, 0.25) is 0 Å². The van der Waals surface area contributed by atoms with E-state index in [1.54, 1.807) is 7.11 Å². The highest BCUT2D eigenvalue weighted by Gasteiger charge is 2.09. The minimum Gasteiger partial charge on any atom is -0.380 e. The molecule has 0 unspecified atom stereocenters. The molecule has 0 aliphatic carbocycles. The number of methoxy groups -OCH3 is 1. The number of rotatable bonds is 3. The van der Waals surface area contributed by atoms with Gasteiger partial charge in [-0.25, -0.2) is 10.8 Å². The van der Waals surface area contributed by atoms with Gasteiger partial charge in [-0.15, -0.1) is 0 Å². The Balaban J connectivity index is 3.26. The van der Waals surface area contributed by atoms with Crippen molar-refractivity contribution in [1.29, 1.82) is 5.26 Å². The Labute approximate surface area is 82.5 Å². The standard InChI is InChI=1S/C9H12N4O/c1-6-3-7(5-14-2)8(4-10)9(12-6)13-11/h3H,5,11H2,1-2H3,(H,12,13). The zero-order valence-corrected chi connectivity index (χ0v) is 8.16. The minimum absolute atomic E-state index is 0.376. The van der Waals surface area contributed by atoms with Crippen LogP contribution in [0.2, 0.25) is 0 Å². The molecule has 0 aliphatic heterocycles. The fourth-order valence-corrected chi connectivity index (χ4v) is 1.24. The van der Waals surface area contributed by atoms with Gasteiger partial charge in [0, 0.05) is 18.4 Å². The lowest BCUT2D eigenvalue weighted by Crippen LogP contribution is -2.12. The van der Waals surface area contributed by atoms with Crippen LogP contribution in [0, 0.1) is 18.3 Å². The predicted molar refractivity (Wildman–Crippen MR) is 52.2 cm³/mol. The van der Waals surface area contributed by atoms with Crippen molar-refractivity contribution >= 4 is 5.82 Å². The van der Waals surface area contributed by atoms with Crippen LogP contribution in [0.4, 0.5) is 5.82 Å². The molecule has 5 nitrogen and oxygen atoms in total. The third-order valence-electron chi connectivity index (χ3n) is 1.78. The maximum Gasteiger partial charge on any atom is 0.158 e. The number of nitrogens with two attached hydrogens (primary N) is 1. The van der Waals surface area contributed by atoms with Crippen LogP contribution in [-0.4, -0.2) is 12.1 Å². The quantitative estimate of drug-likeness (QED) is 0.543. The van der Waals surface area contributed by atoms with E-state index in [-0.39, 0.29) is 0 Å². The van der Waals surface area contributed by atoms with Gasteiger partial charge in [0.1, 0.15) is 11.6 Å². The van der Waals surface area contributed by atoms with Crippen LogP contribution in [0.25, 0.3) is 0 Å². The molecule has 1 aromatic heterocycles. The number of ether oxygens (including phenoxy) is 1. The topological polar surface area (TPSA) is 84.0 Å².